The molecule has 6 heteroatoms. The van der Waals surface area contributed by atoms with Gasteiger partial charge in [0.25, 0.3) is 0 Å². The van der Waals surface area contributed by atoms with Crippen LogP contribution in [0.3, 0.4) is 0 Å². The van der Waals surface area contributed by atoms with Gasteiger partial charge in [0, 0.05) is 24.5 Å². The summed E-state index contributed by atoms with van der Waals surface area (Å²) in [5.41, 5.74) is 8.14. The SMILES string of the molecule is Cc1cccc(NC(=O)C2CCCN(C(=O)Cc3ccc(N)cc3)C2)n1. The molecular weight excluding hydrogens is 328 g/mol. The van der Waals surface area contributed by atoms with Crippen molar-refractivity contribution < 1.29 is 9.59 Å². The van der Waals surface area contributed by atoms with Gasteiger partial charge in [-0.1, -0.05) is 18.2 Å². The lowest BCUT2D eigenvalue weighted by atomic mass is 9.96. The van der Waals surface area contributed by atoms with Gasteiger partial charge in [0.05, 0.1) is 12.3 Å². The van der Waals surface area contributed by atoms with E-state index in [9.17, 15) is 9.59 Å². The molecular formula is C20H24N4O2. The number of rotatable bonds is 4. The molecule has 2 heterocycles. The highest BCUT2D eigenvalue weighted by Crippen LogP contribution is 2.19. The molecule has 26 heavy (non-hydrogen) atoms. The van der Waals surface area contributed by atoms with E-state index in [0.29, 0.717) is 31.0 Å². The van der Waals surface area contributed by atoms with Crippen LogP contribution in [-0.2, 0) is 16.0 Å². The number of anilines is 2. The van der Waals surface area contributed by atoms with E-state index < -0.39 is 0 Å². The zero-order valence-electron chi connectivity index (χ0n) is 14.9. The van der Waals surface area contributed by atoms with Crippen molar-refractivity contribution in [3.63, 3.8) is 0 Å². The fourth-order valence-electron chi connectivity index (χ4n) is 3.18. The standard InChI is InChI=1S/C20H24N4O2/c1-14-4-2-6-18(22-14)23-20(26)16-5-3-11-24(13-16)19(25)12-15-7-9-17(21)10-8-15/h2,4,6-10,16H,3,5,11-13,21H2,1H3,(H,22,23,26). The van der Waals surface area contributed by atoms with Crippen molar-refractivity contribution in [2.24, 2.45) is 5.92 Å². The molecule has 2 amide bonds. The van der Waals surface area contributed by atoms with E-state index in [2.05, 4.69) is 10.3 Å². The molecule has 0 aliphatic carbocycles. The Morgan fingerprint density at radius 1 is 1.23 bits per heavy atom. The quantitative estimate of drug-likeness (QED) is 0.827. The van der Waals surface area contributed by atoms with Crippen molar-refractivity contribution in [3.8, 4) is 0 Å². The molecule has 1 atom stereocenters. The highest BCUT2D eigenvalue weighted by atomic mass is 16.2. The lowest BCUT2D eigenvalue weighted by Gasteiger charge is -2.32. The van der Waals surface area contributed by atoms with Crippen molar-refractivity contribution >= 4 is 23.3 Å². The fraction of sp³-hybridized carbons (Fsp3) is 0.350. The number of nitrogen functional groups attached to an aromatic ring is 1. The second kappa shape index (κ2) is 7.99. The van der Waals surface area contributed by atoms with Gasteiger partial charge in [0.2, 0.25) is 11.8 Å². The van der Waals surface area contributed by atoms with E-state index in [1.54, 1.807) is 23.1 Å². The lowest BCUT2D eigenvalue weighted by Crippen LogP contribution is -2.44. The fourth-order valence-corrected chi connectivity index (χ4v) is 3.18. The molecule has 1 aromatic carbocycles. The number of piperidine rings is 1. The molecule has 136 valence electrons. The number of likely N-dealkylation sites (tertiary alicyclic amines) is 1. The molecule has 0 radical (unpaired) electrons. The van der Waals surface area contributed by atoms with Crippen LogP contribution in [0.25, 0.3) is 0 Å². The average Bonchev–Trinajstić information content (AvgIpc) is 2.64. The highest BCUT2D eigenvalue weighted by Gasteiger charge is 2.28. The average molecular weight is 352 g/mol. The topological polar surface area (TPSA) is 88.3 Å². The third-order valence-corrected chi connectivity index (χ3v) is 4.62. The normalized spacial score (nSPS) is 17.0. The van der Waals surface area contributed by atoms with Gasteiger partial charge in [-0.05, 0) is 49.6 Å². The van der Waals surface area contributed by atoms with Crippen LogP contribution in [0.1, 0.15) is 24.1 Å². The molecule has 6 nitrogen and oxygen atoms in total. The summed E-state index contributed by atoms with van der Waals surface area (Å²) in [6.45, 7) is 3.03. The zero-order valence-corrected chi connectivity index (χ0v) is 14.9. The van der Waals surface area contributed by atoms with Gasteiger partial charge in [0.1, 0.15) is 5.82 Å². The Balaban J connectivity index is 1.58. The molecule has 0 saturated carbocycles. The maximum Gasteiger partial charge on any atom is 0.230 e. The summed E-state index contributed by atoms with van der Waals surface area (Å²) in [7, 11) is 0. The smallest absolute Gasteiger partial charge is 0.230 e. The summed E-state index contributed by atoms with van der Waals surface area (Å²) >= 11 is 0. The number of hydrogen-bond acceptors (Lipinski definition) is 4. The second-order valence-corrected chi connectivity index (χ2v) is 6.75. The molecule has 3 rings (SSSR count). The van der Waals surface area contributed by atoms with Crippen LogP contribution in [0, 0.1) is 12.8 Å². The molecule has 1 aliphatic rings. The number of carbonyl (C=O) groups excluding carboxylic acids is 2. The summed E-state index contributed by atoms with van der Waals surface area (Å²) in [5.74, 6) is 0.316. The number of nitrogens with two attached hydrogens (primary N) is 1. The monoisotopic (exact) mass is 352 g/mol. The van der Waals surface area contributed by atoms with E-state index >= 15 is 0 Å². The molecule has 0 bridgehead atoms. The molecule has 1 saturated heterocycles. The Morgan fingerprint density at radius 3 is 2.73 bits per heavy atom. The maximum absolute atomic E-state index is 12.6. The van der Waals surface area contributed by atoms with Gasteiger partial charge in [0.15, 0.2) is 0 Å². The maximum atomic E-state index is 12.6. The Bertz CT molecular complexity index is 789. The van der Waals surface area contributed by atoms with Gasteiger partial charge in [-0.3, -0.25) is 9.59 Å². The van der Waals surface area contributed by atoms with Gasteiger partial charge in [-0.2, -0.15) is 0 Å². The number of nitrogens with one attached hydrogen (secondary N) is 1. The Labute approximate surface area is 153 Å². The first-order chi connectivity index (χ1) is 12.5. The predicted octanol–water partition coefficient (Wildman–Crippen LogP) is 2.39. The highest BCUT2D eigenvalue weighted by molar-refractivity contribution is 5.92. The number of aryl methyl sites for hydroxylation is 1. The number of pyridine rings is 1. The Morgan fingerprint density at radius 2 is 2.00 bits per heavy atom. The summed E-state index contributed by atoms with van der Waals surface area (Å²) in [4.78, 5) is 31.2. The number of carbonyl (C=O) groups is 2. The van der Waals surface area contributed by atoms with Crippen molar-refractivity contribution in [1.82, 2.24) is 9.88 Å². The van der Waals surface area contributed by atoms with Crippen LogP contribution in [0.15, 0.2) is 42.5 Å². The first-order valence-corrected chi connectivity index (χ1v) is 8.88. The number of aromatic nitrogens is 1. The molecule has 2 aromatic rings. The van der Waals surface area contributed by atoms with Crippen LogP contribution >= 0.6 is 0 Å². The van der Waals surface area contributed by atoms with Crippen LogP contribution in [0.4, 0.5) is 11.5 Å². The summed E-state index contributed by atoms with van der Waals surface area (Å²) in [5, 5.41) is 2.87. The molecule has 0 spiro atoms. The summed E-state index contributed by atoms with van der Waals surface area (Å²) in [6.07, 6.45) is 1.93. The van der Waals surface area contributed by atoms with Gasteiger partial charge < -0.3 is 16.0 Å². The predicted molar refractivity (Wildman–Crippen MR) is 101 cm³/mol. The minimum absolute atomic E-state index is 0.0425. The number of nitrogens with zero attached hydrogens (tertiary/aromatic N) is 2. The number of benzene rings is 1. The van der Waals surface area contributed by atoms with Crippen molar-refractivity contribution in [3.05, 3.63) is 53.7 Å². The van der Waals surface area contributed by atoms with Gasteiger partial charge in [-0.25, -0.2) is 4.98 Å². The van der Waals surface area contributed by atoms with E-state index in [-0.39, 0.29) is 17.7 Å². The molecule has 1 aliphatic heterocycles. The Hall–Kier alpha value is -2.89. The minimum Gasteiger partial charge on any atom is -0.399 e. The molecule has 1 fully saturated rings. The zero-order chi connectivity index (χ0) is 18.5. The Kier molecular flexibility index (Phi) is 5.51. The van der Waals surface area contributed by atoms with E-state index in [1.165, 1.54) is 0 Å². The van der Waals surface area contributed by atoms with E-state index in [1.807, 2.05) is 31.2 Å². The second-order valence-electron chi connectivity index (χ2n) is 6.75. The first kappa shape index (κ1) is 17.9. The van der Waals surface area contributed by atoms with Crippen molar-refractivity contribution in [2.75, 3.05) is 24.1 Å². The molecule has 3 N–H and O–H groups in total. The van der Waals surface area contributed by atoms with Crippen LogP contribution in [0.2, 0.25) is 0 Å². The van der Waals surface area contributed by atoms with Crippen molar-refractivity contribution in [2.45, 2.75) is 26.2 Å². The van der Waals surface area contributed by atoms with E-state index in [0.717, 1.165) is 24.1 Å². The third-order valence-electron chi connectivity index (χ3n) is 4.62. The summed E-state index contributed by atoms with van der Waals surface area (Å²) < 4.78 is 0. The van der Waals surface area contributed by atoms with Crippen LogP contribution in [-0.4, -0.2) is 34.8 Å². The van der Waals surface area contributed by atoms with Crippen LogP contribution < -0.4 is 11.1 Å². The summed E-state index contributed by atoms with van der Waals surface area (Å²) in [6, 6.07) is 12.8. The van der Waals surface area contributed by atoms with Gasteiger partial charge in [-0.15, -0.1) is 0 Å². The van der Waals surface area contributed by atoms with E-state index in [4.69, 9.17) is 5.73 Å². The van der Waals surface area contributed by atoms with Gasteiger partial charge >= 0.3 is 0 Å². The number of hydrogen-bond donors (Lipinski definition) is 2. The lowest BCUT2D eigenvalue weighted by molar-refractivity contribution is -0.133. The molecule has 1 unspecified atom stereocenters. The minimum atomic E-state index is -0.207. The number of amides is 2. The van der Waals surface area contributed by atoms with Crippen LogP contribution in [0.5, 0.6) is 0 Å². The van der Waals surface area contributed by atoms with Crippen molar-refractivity contribution in [1.29, 1.82) is 0 Å². The largest absolute Gasteiger partial charge is 0.399 e. The third kappa shape index (κ3) is 4.59. The first-order valence-electron chi connectivity index (χ1n) is 8.88. The molecule has 1 aromatic heterocycles.